The normalized spacial score (nSPS) is 10.7. The maximum Gasteiger partial charge on any atom is 0.320 e. The van der Waals surface area contributed by atoms with Crippen molar-refractivity contribution in [2.75, 3.05) is 11.9 Å². The first kappa shape index (κ1) is 17.6. The number of nitrogens with one attached hydrogen (secondary N) is 2. The number of nitrogens with zero attached hydrogens (tertiary/aromatic N) is 5. The van der Waals surface area contributed by atoms with Crippen LogP contribution in [0.4, 0.5) is 10.6 Å². The Labute approximate surface area is 150 Å². The molecule has 3 aromatic rings. The summed E-state index contributed by atoms with van der Waals surface area (Å²) in [5, 5.41) is 13.9. The lowest BCUT2D eigenvalue weighted by atomic mass is 10.2. The highest BCUT2D eigenvalue weighted by Crippen LogP contribution is 2.19. The van der Waals surface area contributed by atoms with Gasteiger partial charge in [-0.15, -0.1) is 0 Å². The number of anilines is 1. The molecule has 9 nitrogen and oxygen atoms in total. The molecule has 0 saturated heterocycles. The van der Waals surface area contributed by atoms with Crippen molar-refractivity contribution >= 4 is 11.8 Å². The Morgan fingerprint density at radius 2 is 2.19 bits per heavy atom. The minimum atomic E-state index is -0.299. The SMILES string of the molecule is CCc1c(C)nn(C)c1NC(=O)NCCc1nc(-c2ccccn2)no1. The Balaban J connectivity index is 1.53. The van der Waals surface area contributed by atoms with Gasteiger partial charge in [0.1, 0.15) is 11.5 Å². The quantitative estimate of drug-likeness (QED) is 0.700. The summed E-state index contributed by atoms with van der Waals surface area (Å²) in [4.78, 5) is 20.6. The van der Waals surface area contributed by atoms with Gasteiger partial charge < -0.3 is 9.84 Å². The van der Waals surface area contributed by atoms with Crippen molar-refractivity contribution in [1.29, 1.82) is 0 Å². The van der Waals surface area contributed by atoms with E-state index in [0.717, 1.165) is 17.7 Å². The maximum atomic E-state index is 12.1. The van der Waals surface area contributed by atoms with Crippen molar-refractivity contribution in [3.63, 3.8) is 0 Å². The lowest BCUT2D eigenvalue weighted by Gasteiger charge is -2.08. The number of pyridine rings is 1. The fourth-order valence-corrected chi connectivity index (χ4v) is 2.67. The molecule has 0 aliphatic rings. The van der Waals surface area contributed by atoms with Gasteiger partial charge in [0.15, 0.2) is 0 Å². The summed E-state index contributed by atoms with van der Waals surface area (Å²) < 4.78 is 6.86. The van der Waals surface area contributed by atoms with Crippen molar-refractivity contribution < 1.29 is 9.32 Å². The van der Waals surface area contributed by atoms with Crippen molar-refractivity contribution in [1.82, 2.24) is 30.2 Å². The lowest BCUT2D eigenvalue weighted by molar-refractivity contribution is 0.251. The molecule has 0 radical (unpaired) electrons. The zero-order valence-electron chi connectivity index (χ0n) is 15.0. The third-order valence-corrected chi connectivity index (χ3v) is 3.92. The monoisotopic (exact) mass is 355 g/mol. The molecule has 3 aromatic heterocycles. The smallest absolute Gasteiger partial charge is 0.320 e. The average Bonchev–Trinajstić information content (AvgIpc) is 3.20. The molecule has 2 amide bonds. The minimum Gasteiger partial charge on any atom is -0.339 e. The van der Waals surface area contributed by atoms with Crippen LogP contribution in [0.25, 0.3) is 11.5 Å². The summed E-state index contributed by atoms with van der Waals surface area (Å²) in [5.74, 6) is 1.58. The van der Waals surface area contributed by atoms with Crippen LogP contribution in [0.15, 0.2) is 28.9 Å². The second kappa shape index (κ2) is 7.77. The standard InChI is InChI=1S/C17H21N7O2/c1-4-12-11(2)22-24(3)16(12)21-17(25)19-10-8-14-20-15(23-26-14)13-7-5-6-9-18-13/h5-7,9H,4,8,10H2,1-3H3,(H2,19,21,25). The van der Waals surface area contributed by atoms with Gasteiger partial charge in [-0.2, -0.15) is 10.1 Å². The van der Waals surface area contributed by atoms with Crippen LogP contribution in [0.5, 0.6) is 0 Å². The molecular weight excluding hydrogens is 334 g/mol. The zero-order valence-corrected chi connectivity index (χ0v) is 15.0. The van der Waals surface area contributed by atoms with Crippen LogP contribution in [0.1, 0.15) is 24.1 Å². The summed E-state index contributed by atoms with van der Waals surface area (Å²) in [6, 6.07) is 5.18. The van der Waals surface area contributed by atoms with Crippen LogP contribution < -0.4 is 10.6 Å². The second-order valence-corrected chi connectivity index (χ2v) is 5.75. The number of amides is 2. The highest BCUT2D eigenvalue weighted by molar-refractivity contribution is 5.89. The Kier molecular flexibility index (Phi) is 5.26. The van der Waals surface area contributed by atoms with Gasteiger partial charge in [-0.3, -0.25) is 15.0 Å². The average molecular weight is 355 g/mol. The molecule has 0 unspecified atom stereocenters. The van der Waals surface area contributed by atoms with Crippen LogP contribution >= 0.6 is 0 Å². The van der Waals surface area contributed by atoms with E-state index in [1.165, 1.54) is 0 Å². The number of aryl methyl sites for hydroxylation is 2. The molecule has 0 fully saturated rings. The highest BCUT2D eigenvalue weighted by Gasteiger charge is 2.14. The summed E-state index contributed by atoms with van der Waals surface area (Å²) in [6.45, 7) is 4.33. The fourth-order valence-electron chi connectivity index (χ4n) is 2.67. The number of carbonyl (C=O) groups excluding carboxylic acids is 1. The molecule has 0 aliphatic heterocycles. The van der Waals surface area contributed by atoms with Crippen LogP contribution in [0.3, 0.4) is 0 Å². The van der Waals surface area contributed by atoms with Gasteiger partial charge in [0.05, 0.1) is 5.69 Å². The molecule has 136 valence electrons. The number of hydrogen-bond donors (Lipinski definition) is 2. The molecule has 3 rings (SSSR count). The predicted octanol–water partition coefficient (Wildman–Crippen LogP) is 2.10. The largest absolute Gasteiger partial charge is 0.339 e. The topological polar surface area (TPSA) is 111 Å². The molecule has 0 atom stereocenters. The Morgan fingerprint density at radius 1 is 1.35 bits per heavy atom. The van der Waals surface area contributed by atoms with E-state index in [9.17, 15) is 4.79 Å². The van der Waals surface area contributed by atoms with Gasteiger partial charge in [0.2, 0.25) is 11.7 Å². The van der Waals surface area contributed by atoms with E-state index in [2.05, 4.69) is 30.9 Å². The zero-order chi connectivity index (χ0) is 18.5. The molecule has 0 bridgehead atoms. The van der Waals surface area contributed by atoms with Gasteiger partial charge in [0, 0.05) is 31.8 Å². The molecule has 2 N–H and O–H groups in total. The molecule has 0 aromatic carbocycles. The third-order valence-electron chi connectivity index (χ3n) is 3.92. The summed E-state index contributed by atoms with van der Waals surface area (Å²) >= 11 is 0. The molecule has 3 heterocycles. The van der Waals surface area contributed by atoms with Crippen molar-refractivity contribution in [2.24, 2.45) is 7.05 Å². The fraction of sp³-hybridized carbons (Fsp3) is 0.353. The van der Waals surface area contributed by atoms with E-state index in [4.69, 9.17) is 4.52 Å². The van der Waals surface area contributed by atoms with E-state index in [1.54, 1.807) is 17.9 Å². The van der Waals surface area contributed by atoms with E-state index in [0.29, 0.717) is 36.2 Å². The van der Waals surface area contributed by atoms with Gasteiger partial charge >= 0.3 is 6.03 Å². The van der Waals surface area contributed by atoms with Crippen LogP contribution in [-0.2, 0) is 19.9 Å². The van der Waals surface area contributed by atoms with Crippen molar-refractivity contribution in [3.05, 3.63) is 41.5 Å². The highest BCUT2D eigenvalue weighted by atomic mass is 16.5. The summed E-state index contributed by atoms with van der Waals surface area (Å²) in [6.07, 6.45) is 2.90. The molecule has 26 heavy (non-hydrogen) atoms. The third kappa shape index (κ3) is 3.88. The molecule has 9 heteroatoms. The summed E-state index contributed by atoms with van der Waals surface area (Å²) in [5.41, 5.74) is 2.59. The summed E-state index contributed by atoms with van der Waals surface area (Å²) in [7, 11) is 1.80. The molecule has 0 spiro atoms. The first-order chi connectivity index (χ1) is 12.6. The van der Waals surface area contributed by atoms with E-state index in [1.807, 2.05) is 32.0 Å². The number of hydrogen-bond acceptors (Lipinski definition) is 6. The van der Waals surface area contributed by atoms with Gasteiger partial charge in [-0.25, -0.2) is 4.79 Å². The minimum absolute atomic E-state index is 0.299. The Bertz CT molecular complexity index is 886. The Hall–Kier alpha value is -3.23. The van der Waals surface area contributed by atoms with Crippen molar-refractivity contribution in [2.45, 2.75) is 26.7 Å². The first-order valence-corrected chi connectivity index (χ1v) is 8.39. The van der Waals surface area contributed by atoms with Crippen molar-refractivity contribution in [3.8, 4) is 11.5 Å². The maximum absolute atomic E-state index is 12.1. The second-order valence-electron chi connectivity index (χ2n) is 5.75. The van der Waals surface area contributed by atoms with E-state index >= 15 is 0 Å². The number of aromatic nitrogens is 5. The number of urea groups is 1. The molecule has 0 aliphatic carbocycles. The molecular formula is C17H21N7O2. The number of carbonyl (C=O) groups is 1. The predicted molar refractivity (Wildman–Crippen MR) is 95.6 cm³/mol. The van der Waals surface area contributed by atoms with Gasteiger partial charge in [0.25, 0.3) is 0 Å². The van der Waals surface area contributed by atoms with E-state index in [-0.39, 0.29) is 6.03 Å². The van der Waals surface area contributed by atoms with Gasteiger partial charge in [-0.1, -0.05) is 18.1 Å². The lowest BCUT2D eigenvalue weighted by Crippen LogP contribution is -2.31. The van der Waals surface area contributed by atoms with Crippen LogP contribution in [0.2, 0.25) is 0 Å². The molecule has 0 saturated carbocycles. The Morgan fingerprint density at radius 3 is 2.92 bits per heavy atom. The number of rotatable bonds is 6. The van der Waals surface area contributed by atoms with E-state index < -0.39 is 0 Å². The van der Waals surface area contributed by atoms with Crippen LogP contribution in [0, 0.1) is 6.92 Å². The van der Waals surface area contributed by atoms with Crippen LogP contribution in [-0.4, -0.2) is 37.5 Å². The first-order valence-electron chi connectivity index (χ1n) is 8.39. The van der Waals surface area contributed by atoms with Gasteiger partial charge in [-0.05, 0) is 25.5 Å².